The van der Waals surface area contributed by atoms with E-state index in [9.17, 15) is 9.59 Å². The zero-order valence-electron chi connectivity index (χ0n) is 19.1. The van der Waals surface area contributed by atoms with Crippen LogP contribution < -0.4 is 21.5 Å². The molecule has 4 N–H and O–H groups in total. The van der Waals surface area contributed by atoms with Gasteiger partial charge in [-0.15, -0.1) is 0 Å². The van der Waals surface area contributed by atoms with Crippen molar-refractivity contribution in [1.82, 2.24) is 21.2 Å². The summed E-state index contributed by atoms with van der Waals surface area (Å²) in [6, 6.07) is 10.0. The standard InChI is InChI=1S/C25H31N5O2/c1-5-18-7-6-8-20(10-18)21-11-22(24(27-14-21)25(32)16(2)3)29-23(31)15-26-12-19-9-17(4)30-28-13-19/h6-11,13-14,16,26,28,30H,5,12,15H2,1-4H3,(H,29,31). The van der Waals surface area contributed by atoms with Gasteiger partial charge in [0.1, 0.15) is 5.69 Å². The predicted octanol–water partition coefficient (Wildman–Crippen LogP) is 3.57. The predicted molar refractivity (Wildman–Crippen MR) is 128 cm³/mol. The van der Waals surface area contributed by atoms with Gasteiger partial charge in [-0.3, -0.25) is 14.6 Å². The molecule has 0 saturated heterocycles. The SMILES string of the molecule is CCc1cccc(-c2cnc(C(=O)C(C)C)c(NC(=O)CNCC3=CNNC(C)=C3)c2)c1. The zero-order valence-corrected chi connectivity index (χ0v) is 19.1. The van der Waals surface area contributed by atoms with Crippen molar-refractivity contribution in [2.24, 2.45) is 5.92 Å². The third-order valence-electron chi connectivity index (χ3n) is 5.13. The monoisotopic (exact) mass is 433 g/mol. The van der Waals surface area contributed by atoms with Crippen molar-refractivity contribution in [2.75, 3.05) is 18.4 Å². The summed E-state index contributed by atoms with van der Waals surface area (Å²) in [4.78, 5) is 29.8. The molecule has 1 aliphatic rings. The molecule has 32 heavy (non-hydrogen) atoms. The molecule has 7 nitrogen and oxygen atoms in total. The number of rotatable bonds is 9. The lowest BCUT2D eigenvalue weighted by atomic mass is 10.00. The van der Waals surface area contributed by atoms with Gasteiger partial charge in [0, 0.05) is 36.1 Å². The van der Waals surface area contributed by atoms with E-state index in [4.69, 9.17) is 0 Å². The van der Waals surface area contributed by atoms with Crippen LogP contribution in [0.3, 0.4) is 0 Å². The summed E-state index contributed by atoms with van der Waals surface area (Å²) in [7, 11) is 0. The number of benzene rings is 1. The van der Waals surface area contributed by atoms with Crippen LogP contribution in [0.4, 0.5) is 5.69 Å². The normalized spacial score (nSPS) is 13.0. The second kappa shape index (κ2) is 10.7. The minimum absolute atomic E-state index is 0.103. The first-order valence-corrected chi connectivity index (χ1v) is 10.9. The molecule has 0 spiro atoms. The molecule has 0 radical (unpaired) electrons. The number of hydrogen-bond donors (Lipinski definition) is 4. The Balaban J connectivity index is 1.76. The minimum atomic E-state index is -0.229. The average Bonchev–Trinajstić information content (AvgIpc) is 2.78. The van der Waals surface area contributed by atoms with Gasteiger partial charge in [0.15, 0.2) is 5.78 Å². The largest absolute Gasteiger partial charge is 0.323 e. The van der Waals surface area contributed by atoms with Crippen LogP contribution in [0.2, 0.25) is 0 Å². The smallest absolute Gasteiger partial charge is 0.238 e. The molecule has 2 aromatic rings. The molecule has 0 bridgehead atoms. The number of nitrogens with one attached hydrogen (secondary N) is 4. The topological polar surface area (TPSA) is 95.2 Å². The number of ketones is 1. The van der Waals surface area contributed by atoms with Crippen LogP contribution in [0.25, 0.3) is 11.1 Å². The number of aryl methyl sites for hydroxylation is 1. The van der Waals surface area contributed by atoms with Gasteiger partial charge >= 0.3 is 0 Å². The minimum Gasteiger partial charge on any atom is -0.323 e. The number of allylic oxidation sites excluding steroid dienone is 1. The molecule has 1 aromatic carbocycles. The van der Waals surface area contributed by atoms with Gasteiger partial charge in [0.05, 0.1) is 12.2 Å². The Labute approximate surface area is 189 Å². The van der Waals surface area contributed by atoms with E-state index in [2.05, 4.69) is 45.5 Å². The number of Topliss-reactive ketones (excluding diaryl/α,β-unsaturated/α-hetero) is 1. The summed E-state index contributed by atoms with van der Waals surface area (Å²) < 4.78 is 0. The number of carbonyl (C=O) groups is 2. The van der Waals surface area contributed by atoms with E-state index in [0.717, 1.165) is 28.8 Å². The number of pyridine rings is 1. The summed E-state index contributed by atoms with van der Waals surface area (Å²) in [5.74, 6) is -0.555. The Morgan fingerprint density at radius 3 is 2.69 bits per heavy atom. The van der Waals surface area contributed by atoms with Gasteiger partial charge < -0.3 is 21.5 Å². The number of amides is 1. The third-order valence-corrected chi connectivity index (χ3v) is 5.13. The molecule has 0 unspecified atom stereocenters. The van der Waals surface area contributed by atoms with Gasteiger partial charge in [-0.2, -0.15) is 0 Å². The number of hydrogen-bond acceptors (Lipinski definition) is 6. The van der Waals surface area contributed by atoms with Crippen LogP contribution in [0.5, 0.6) is 0 Å². The highest BCUT2D eigenvalue weighted by atomic mass is 16.2. The highest BCUT2D eigenvalue weighted by Crippen LogP contribution is 2.26. The fourth-order valence-corrected chi connectivity index (χ4v) is 3.37. The van der Waals surface area contributed by atoms with Crippen molar-refractivity contribution in [3.63, 3.8) is 0 Å². The van der Waals surface area contributed by atoms with E-state index in [1.165, 1.54) is 5.56 Å². The fourth-order valence-electron chi connectivity index (χ4n) is 3.37. The quantitative estimate of drug-likeness (QED) is 0.452. The first kappa shape index (κ1) is 23.2. The van der Waals surface area contributed by atoms with Crippen LogP contribution in [-0.2, 0) is 11.2 Å². The van der Waals surface area contributed by atoms with Gasteiger partial charge in [0.25, 0.3) is 0 Å². The molecular weight excluding hydrogens is 402 g/mol. The molecule has 7 heteroatoms. The summed E-state index contributed by atoms with van der Waals surface area (Å²) in [5.41, 5.74) is 11.8. The molecule has 1 aliphatic heterocycles. The summed E-state index contributed by atoms with van der Waals surface area (Å²) in [6.07, 6.45) is 6.47. The summed E-state index contributed by atoms with van der Waals surface area (Å²) in [5, 5.41) is 6.01. The maximum atomic E-state index is 12.7. The lowest BCUT2D eigenvalue weighted by Crippen LogP contribution is -2.33. The van der Waals surface area contributed by atoms with E-state index in [0.29, 0.717) is 12.2 Å². The lowest BCUT2D eigenvalue weighted by molar-refractivity contribution is -0.115. The van der Waals surface area contributed by atoms with Crippen molar-refractivity contribution < 1.29 is 9.59 Å². The number of carbonyl (C=O) groups excluding carboxylic acids is 2. The Hall–Kier alpha value is -3.45. The first-order valence-electron chi connectivity index (χ1n) is 10.9. The fraction of sp³-hybridized carbons (Fsp3) is 0.320. The summed E-state index contributed by atoms with van der Waals surface area (Å²) >= 11 is 0. The van der Waals surface area contributed by atoms with Crippen molar-refractivity contribution >= 4 is 17.4 Å². The number of anilines is 1. The number of nitrogens with zero attached hydrogens (tertiary/aromatic N) is 1. The molecule has 168 valence electrons. The Morgan fingerprint density at radius 1 is 1.16 bits per heavy atom. The van der Waals surface area contributed by atoms with Crippen molar-refractivity contribution in [3.8, 4) is 11.1 Å². The van der Waals surface area contributed by atoms with Gasteiger partial charge in [-0.1, -0.05) is 45.0 Å². The van der Waals surface area contributed by atoms with E-state index in [1.54, 1.807) is 6.20 Å². The van der Waals surface area contributed by atoms with Gasteiger partial charge in [-0.05, 0) is 42.2 Å². The second-order valence-corrected chi connectivity index (χ2v) is 8.16. The van der Waals surface area contributed by atoms with E-state index in [1.807, 2.05) is 51.2 Å². The molecule has 1 amide bonds. The van der Waals surface area contributed by atoms with Gasteiger partial charge in [0.2, 0.25) is 5.91 Å². The Bertz CT molecular complexity index is 1060. The molecule has 2 heterocycles. The Morgan fingerprint density at radius 2 is 1.97 bits per heavy atom. The molecule has 1 aromatic heterocycles. The van der Waals surface area contributed by atoms with Crippen LogP contribution in [-0.4, -0.2) is 29.8 Å². The summed E-state index contributed by atoms with van der Waals surface area (Å²) in [6.45, 7) is 8.36. The van der Waals surface area contributed by atoms with Crippen molar-refractivity contribution in [1.29, 1.82) is 0 Å². The van der Waals surface area contributed by atoms with E-state index >= 15 is 0 Å². The average molecular weight is 434 g/mol. The third kappa shape index (κ3) is 6.04. The number of hydrazine groups is 1. The zero-order chi connectivity index (χ0) is 23.1. The van der Waals surface area contributed by atoms with Crippen LogP contribution in [0, 0.1) is 5.92 Å². The maximum absolute atomic E-state index is 12.7. The molecule has 0 saturated carbocycles. The van der Waals surface area contributed by atoms with E-state index < -0.39 is 0 Å². The molecule has 0 fully saturated rings. The molecule has 0 aliphatic carbocycles. The van der Waals surface area contributed by atoms with Crippen LogP contribution >= 0.6 is 0 Å². The van der Waals surface area contributed by atoms with Gasteiger partial charge in [-0.25, -0.2) is 0 Å². The molecule has 3 rings (SSSR count). The van der Waals surface area contributed by atoms with Crippen LogP contribution in [0.15, 0.2) is 60.1 Å². The van der Waals surface area contributed by atoms with E-state index in [-0.39, 0.29) is 29.8 Å². The van der Waals surface area contributed by atoms with Crippen molar-refractivity contribution in [2.45, 2.75) is 34.1 Å². The van der Waals surface area contributed by atoms with Crippen LogP contribution in [0.1, 0.15) is 43.7 Å². The lowest BCUT2D eigenvalue weighted by Gasteiger charge is -2.16. The Kier molecular flexibility index (Phi) is 7.78. The first-order chi connectivity index (χ1) is 15.4. The second-order valence-electron chi connectivity index (χ2n) is 8.16. The maximum Gasteiger partial charge on any atom is 0.238 e. The highest BCUT2D eigenvalue weighted by molar-refractivity contribution is 6.05. The van der Waals surface area contributed by atoms with Crippen molar-refractivity contribution in [3.05, 3.63) is 71.3 Å². The number of aromatic nitrogens is 1. The highest BCUT2D eigenvalue weighted by Gasteiger charge is 2.19. The molecule has 0 atom stereocenters. The molecular formula is C25H31N5O2.